The molecular weight excluding hydrogens is 1110 g/mol. The predicted molar refractivity (Wildman–Crippen MR) is 403 cm³/mol. The molecule has 3 N–H and O–H groups in total. The Hall–Kier alpha value is -1.66. The number of ether oxygens (including phenoxy) is 1. The molecule has 0 fully saturated rings. The lowest BCUT2D eigenvalue weighted by Crippen LogP contribution is -2.45. The van der Waals surface area contributed by atoms with Crippen LogP contribution in [-0.4, -0.2) is 47.4 Å². The van der Waals surface area contributed by atoms with Crippen LogP contribution in [0, 0.1) is 0 Å². The van der Waals surface area contributed by atoms with Gasteiger partial charge in [-0.3, -0.25) is 9.59 Å². The zero-order valence-electron chi connectivity index (χ0n) is 62.1. The minimum Gasteiger partial charge on any atom is -0.466 e. The van der Waals surface area contributed by atoms with Gasteiger partial charge in [-0.05, 0) is 77.0 Å². The summed E-state index contributed by atoms with van der Waals surface area (Å²) in [5.74, 6) is -0.00888. The quantitative estimate of drug-likeness (QED) is 0.0320. The van der Waals surface area contributed by atoms with Crippen molar-refractivity contribution in [2.75, 3.05) is 13.2 Å². The molecule has 0 aliphatic heterocycles. The van der Waals surface area contributed by atoms with Crippen LogP contribution >= 0.6 is 0 Å². The number of nitrogens with one attached hydrogen (secondary N) is 1. The van der Waals surface area contributed by atoms with Crippen molar-refractivity contribution < 1.29 is 24.5 Å². The van der Waals surface area contributed by atoms with Gasteiger partial charge in [0.15, 0.2) is 0 Å². The van der Waals surface area contributed by atoms with E-state index in [-0.39, 0.29) is 18.5 Å². The fourth-order valence-electron chi connectivity index (χ4n) is 13.6. The lowest BCUT2D eigenvalue weighted by atomic mass is 10.0. The van der Waals surface area contributed by atoms with Crippen LogP contribution in [0.1, 0.15) is 483 Å². The summed E-state index contributed by atoms with van der Waals surface area (Å²) in [6, 6.07) is -0.540. The van der Waals surface area contributed by atoms with Crippen molar-refractivity contribution in [1.29, 1.82) is 0 Å². The first-order chi connectivity index (χ1) is 45.0. The summed E-state index contributed by atoms with van der Waals surface area (Å²) in [5.41, 5.74) is 0. The molecule has 0 rings (SSSR count). The van der Waals surface area contributed by atoms with E-state index >= 15 is 0 Å². The lowest BCUT2D eigenvalue weighted by Gasteiger charge is -2.22. The molecule has 0 aliphatic rings. The van der Waals surface area contributed by atoms with Gasteiger partial charge in [0.1, 0.15) is 0 Å². The van der Waals surface area contributed by atoms with E-state index in [9.17, 15) is 19.8 Å². The molecule has 0 heterocycles. The van der Waals surface area contributed by atoms with Crippen LogP contribution in [-0.2, 0) is 14.3 Å². The smallest absolute Gasteiger partial charge is 0.305 e. The third kappa shape index (κ3) is 77.2. The van der Waals surface area contributed by atoms with Crippen molar-refractivity contribution in [2.24, 2.45) is 0 Å². The highest BCUT2D eigenvalue weighted by Gasteiger charge is 2.20. The van der Waals surface area contributed by atoms with Gasteiger partial charge in [-0.2, -0.15) is 0 Å². The van der Waals surface area contributed by atoms with Crippen LogP contribution < -0.4 is 5.32 Å². The largest absolute Gasteiger partial charge is 0.466 e. The van der Waals surface area contributed by atoms with E-state index in [1.807, 2.05) is 0 Å². The third-order valence-corrected chi connectivity index (χ3v) is 20.0. The van der Waals surface area contributed by atoms with Crippen LogP contribution in [0.2, 0.25) is 0 Å². The summed E-state index contributed by atoms with van der Waals surface area (Å²) >= 11 is 0. The Bertz CT molecular complexity index is 1430. The molecule has 2 atom stereocenters. The normalized spacial score (nSPS) is 12.5. The Balaban J connectivity index is 3.34. The molecule has 0 saturated carbocycles. The van der Waals surface area contributed by atoms with Gasteiger partial charge in [0.2, 0.25) is 5.91 Å². The SMILES string of the molecule is CCCCCCCCC/C=C\CCCCCCCCCC(=O)OCCCCCCCCCCCCCC/C=C\CCCCCCCCCCCCCCCCCCCC(=O)NC(CO)C(O)CCCCCCCCCCCCCCCCCCCCCCCCC. The maximum absolute atomic E-state index is 12.6. The number of esters is 1. The van der Waals surface area contributed by atoms with E-state index in [0.717, 1.165) is 44.9 Å². The number of rotatable bonds is 80. The summed E-state index contributed by atoms with van der Waals surface area (Å²) in [6.07, 6.45) is 104. The maximum atomic E-state index is 12.6. The maximum Gasteiger partial charge on any atom is 0.305 e. The first kappa shape index (κ1) is 89.3. The summed E-state index contributed by atoms with van der Waals surface area (Å²) in [5, 5.41) is 23.5. The Labute approximate surface area is 571 Å². The van der Waals surface area contributed by atoms with Crippen molar-refractivity contribution in [3.63, 3.8) is 0 Å². The molecule has 2 unspecified atom stereocenters. The molecule has 0 aliphatic carbocycles. The Morgan fingerprint density at radius 2 is 0.516 bits per heavy atom. The molecule has 0 aromatic heterocycles. The Kier molecular flexibility index (Phi) is 79.3. The highest BCUT2D eigenvalue weighted by atomic mass is 16.5. The summed E-state index contributed by atoms with van der Waals surface area (Å²) in [4.78, 5) is 24.7. The molecular formula is C85H165NO5. The molecule has 91 heavy (non-hydrogen) atoms. The number of carbonyl (C=O) groups is 2. The first-order valence-electron chi connectivity index (χ1n) is 42.1. The number of amides is 1. The van der Waals surface area contributed by atoms with Crippen molar-refractivity contribution in [3.05, 3.63) is 24.3 Å². The van der Waals surface area contributed by atoms with Crippen LogP contribution in [0.15, 0.2) is 24.3 Å². The van der Waals surface area contributed by atoms with Crippen LogP contribution in [0.4, 0.5) is 0 Å². The van der Waals surface area contributed by atoms with Gasteiger partial charge in [0.05, 0.1) is 25.4 Å². The number of aliphatic hydroxyl groups excluding tert-OH is 2. The molecule has 0 spiro atoms. The molecule has 1 amide bonds. The number of unbranched alkanes of at least 4 members (excludes halogenated alkanes) is 65. The number of carbonyl (C=O) groups excluding carboxylic acids is 2. The lowest BCUT2D eigenvalue weighted by molar-refractivity contribution is -0.143. The molecule has 0 aromatic rings. The van der Waals surface area contributed by atoms with Gasteiger partial charge in [0.25, 0.3) is 0 Å². The number of hydrogen-bond acceptors (Lipinski definition) is 5. The van der Waals surface area contributed by atoms with Crippen LogP contribution in [0.25, 0.3) is 0 Å². The average Bonchev–Trinajstić information content (AvgIpc) is 3.64. The van der Waals surface area contributed by atoms with Crippen LogP contribution in [0.3, 0.4) is 0 Å². The second-order valence-corrected chi connectivity index (χ2v) is 29.2. The zero-order chi connectivity index (χ0) is 65.6. The van der Waals surface area contributed by atoms with Gasteiger partial charge in [-0.1, -0.05) is 417 Å². The van der Waals surface area contributed by atoms with Crippen molar-refractivity contribution in [3.8, 4) is 0 Å². The minimum atomic E-state index is -0.664. The third-order valence-electron chi connectivity index (χ3n) is 20.0. The Morgan fingerprint density at radius 3 is 0.780 bits per heavy atom. The monoisotopic (exact) mass is 1280 g/mol. The van der Waals surface area contributed by atoms with Gasteiger partial charge >= 0.3 is 5.97 Å². The molecule has 0 bridgehead atoms. The highest BCUT2D eigenvalue weighted by molar-refractivity contribution is 5.76. The summed E-state index contributed by atoms with van der Waals surface area (Å²) < 4.78 is 5.51. The number of aliphatic hydroxyl groups is 2. The highest BCUT2D eigenvalue weighted by Crippen LogP contribution is 2.20. The van der Waals surface area contributed by atoms with Gasteiger partial charge in [0, 0.05) is 12.8 Å². The number of allylic oxidation sites excluding steroid dienone is 4. The average molecular weight is 1280 g/mol. The summed E-state index contributed by atoms with van der Waals surface area (Å²) in [7, 11) is 0. The fourth-order valence-corrected chi connectivity index (χ4v) is 13.6. The predicted octanol–water partition coefficient (Wildman–Crippen LogP) is 28.0. The Morgan fingerprint density at radius 1 is 0.297 bits per heavy atom. The molecule has 6 nitrogen and oxygen atoms in total. The number of hydrogen-bond donors (Lipinski definition) is 3. The molecule has 0 radical (unpaired) electrons. The van der Waals surface area contributed by atoms with Gasteiger partial charge in [-0.25, -0.2) is 0 Å². The van der Waals surface area contributed by atoms with E-state index in [1.54, 1.807) is 0 Å². The van der Waals surface area contributed by atoms with E-state index in [2.05, 4.69) is 43.5 Å². The minimum absolute atomic E-state index is 0.0170. The second kappa shape index (κ2) is 80.8. The van der Waals surface area contributed by atoms with Crippen molar-refractivity contribution in [1.82, 2.24) is 5.32 Å². The first-order valence-corrected chi connectivity index (χ1v) is 42.1. The van der Waals surface area contributed by atoms with Gasteiger partial charge < -0.3 is 20.3 Å². The fraction of sp³-hybridized carbons (Fsp3) is 0.929. The molecule has 0 saturated heterocycles. The molecule has 540 valence electrons. The van der Waals surface area contributed by atoms with E-state index in [0.29, 0.717) is 25.9 Å². The van der Waals surface area contributed by atoms with E-state index in [1.165, 1.54) is 405 Å². The van der Waals surface area contributed by atoms with Crippen molar-refractivity contribution >= 4 is 11.9 Å². The molecule has 0 aromatic carbocycles. The standard InChI is InChI=1S/C85H165NO5/c1-3-5-7-9-11-13-15-17-19-21-23-24-36-39-42-45-49-53-57-61-65-69-73-77-83(88)82(81-87)86-84(89)78-74-70-66-62-58-54-50-46-43-40-37-34-32-30-28-26-25-27-29-31-33-35-38-41-44-48-52-56-60-64-68-72-76-80-91-85(90)79-75-71-67-63-59-55-51-47-22-20-18-16-14-12-10-8-6-4-2/h20,22,29,31,82-83,87-88H,3-19,21,23-28,30,32-81H2,1-2H3,(H,86,89)/b22-20-,31-29-. The van der Waals surface area contributed by atoms with E-state index in [4.69, 9.17) is 4.74 Å². The molecule has 6 heteroatoms. The van der Waals surface area contributed by atoms with E-state index < -0.39 is 12.1 Å². The zero-order valence-corrected chi connectivity index (χ0v) is 62.1. The topological polar surface area (TPSA) is 95.9 Å². The second-order valence-electron chi connectivity index (χ2n) is 29.2. The van der Waals surface area contributed by atoms with Gasteiger partial charge in [-0.15, -0.1) is 0 Å². The van der Waals surface area contributed by atoms with Crippen molar-refractivity contribution in [2.45, 2.75) is 495 Å². The summed E-state index contributed by atoms with van der Waals surface area (Å²) in [6.45, 7) is 5.01. The van der Waals surface area contributed by atoms with Crippen LogP contribution in [0.5, 0.6) is 0 Å².